The van der Waals surface area contributed by atoms with E-state index in [1.165, 1.54) is 0 Å². The van der Waals surface area contributed by atoms with Crippen LogP contribution in [0.3, 0.4) is 0 Å². The third-order valence-electron chi connectivity index (χ3n) is 5.28. The van der Waals surface area contributed by atoms with E-state index in [4.69, 9.17) is 0 Å². The molecule has 0 radical (unpaired) electrons. The van der Waals surface area contributed by atoms with Gasteiger partial charge in [-0.2, -0.15) is 0 Å². The Morgan fingerprint density at radius 2 is 2.09 bits per heavy atom. The summed E-state index contributed by atoms with van der Waals surface area (Å²) in [4.78, 5) is 13.9. The lowest BCUT2D eigenvalue weighted by atomic mass is 10.2. The number of nitrogens with one attached hydrogen (secondary N) is 1. The second kappa shape index (κ2) is 5.17. The van der Waals surface area contributed by atoms with E-state index in [1.807, 2.05) is 19.3 Å². The molecule has 2 aromatic rings. The minimum atomic E-state index is -3.03. The van der Waals surface area contributed by atoms with Gasteiger partial charge in [-0.3, -0.25) is 0 Å². The van der Waals surface area contributed by atoms with Gasteiger partial charge in [0.25, 0.3) is 0 Å². The first-order valence-corrected chi connectivity index (χ1v) is 9.59. The molecule has 124 valence electrons. The van der Waals surface area contributed by atoms with Gasteiger partial charge in [-0.25, -0.2) is 22.7 Å². The lowest BCUT2D eigenvalue weighted by molar-refractivity contribution is 0.413. The van der Waals surface area contributed by atoms with Crippen LogP contribution in [0, 0.1) is 17.8 Å². The number of fused-ring (bicyclic) bond motifs is 2. The van der Waals surface area contributed by atoms with E-state index < -0.39 is 10.0 Å². The molecule has 0 amide bonds. The largest absolute Gasteiger partial charge is 0.359 e. The fraction of sp³-hybridized carbons (Fsp3) is 0.600. The first-order chi connectivity index (χ1) is 11.0. The maximum Gasteiger partial charge on any atom is 0.213 e. The molecule has 2 aliphatic rings. The maximum atomic E-state index is 11.9. The first kappa shape index (κ1) is 14.9. The number of piperidine rings is 1. The van der Waals surface area contributed by atoms with Crippen molar-refractivity contribution in [2.45, 2.75) is 6.92 Å². The Balaban J connectivity index is 1.43. The number of hydrogen-bond donors (Lipinski definition) is 1. The van der Waals surface area contributed by atoms with Crippen LogP contribution in [-0.4, -0.2) is 60.1 Å². The summed E-state index contributed by atoms with van der Waals surface area (Å²) in [6.45, 7) is 3.99. The second-order valence-corrected chi connectivity index (χ2v) is 8.78. The van der Waals surface area contributed by atoms with Gasteiger partial charge < -0.3 is 9.88 Å². The SMILES string of the molecule is CCS(=O)(=O)N1CC2[C@@H](CN(C)c3ncnc4[nH]ccc34)[C@@H]2C1. The third-order valence-corrected chi connectivity index (χ3v) is 7.09. The van der Waals surface area contributed by atoms with Crippen LogP contribution >= 0.6 is 0 Å². The summed E-state index contributed by atoms with van der Waals surface area (Å²) < 4.78 is 25.5. The molecule has 1 aliphatic carbocycles. The minimum Gasteiger partial charge on any atom is -0.359 e. The molecule has 3 heterocycles. The summed E-state index contributed by atoms with van der Waals surface area (Å²) in [5.41, 5.74) is 0.845. The normalized spacial score (nSPS) is 27.3. The van der Waals surface area contributed by atoms with Gasteiger partial charge in [0.1, 0.15) is 17.8 Å². The Bertz CT molecular complexity index is 821. The highest BCUT2D eigenvalue weighted by Crippen LogP contribution is 2.52. The van der Waals surface area contributed by atoms with E-state index in [0.29, 0.717) is 30.8 Å². The van der Waals surface area contributed by atoms with Crippen LogP contribution < -0.4 is 4.90 Å². The zero-order valence-corrected chi connectivity index (χ0v) is 14.1. The molecule has 7 nitrogen and oxygen atoms in total. The van der Waals surface area contributed by atoms with Gasteiger partial charge in [-0.05, 0) is 30.7 Å². The lowest BCUT2D eigenvalue weighted by Crippen LogP contribution is -2.34. The predicted octanol–water partition coefficient (Wildman–Crippen LogP) is 0.922. The number of aromatic amines is 1. The molecular formula is C15H21N5O2S. The van der Waals surface area contributed by atoms with E-state index >= 15 is 0 Å². The number of H-pyrrole nitrogens is 1. The van der Waals surface area contributed by atoms with Gasteiger partial charge in [-0.1, -0.05) is 0 Å². The molecule has 3 atom stereocenters. The smallest absolute Gasteiger partial charge is 0.213 e. The van der Waals surface area contributed by atoms with Crippen LogP contribution in [0.15, 0.2) is 18.6 Å². The fourth-order valence-electron chi connectivity index (χ4n) is 3.86. The Labute approximate surface area is 135 Å². The average molecular weight is 335 g/mol. The van der Waals surface area contributed by atoms with Crippen molar-refractivity contribution in [2.75, 3.05) is 37.3 Å². The summed E-state index contributed by atoms with van der Waals surface area (Å²) in [7, 11) is -0.986. The first-order valence-electron chi connectivity index (χ1n) is 7.98. The quantitative estimate of drug-likeness (QED) is 0.879. The highest BCUT2D eigenvalue weighted by Gasteiger charge is 2.57. The molecule has 0 bridgehead atoms. The summed E-state index contributed by atoms with van der Waals surface area (Å²) in [6.07, 6.45) is 3.45. The van der Waals surface area contributed by atoms with Crippen LogP contribution in [-0.2, 0) is 10.0 Å². The molecule has 1 N–H and O–H groups in total. The maximum absolute atomic E-state index is 11.9. The van der Waals surface area contributed by atoms with Gasteiger partial charge in [0.2, 0.25) is 10.0 Å². The van der Waals surface area contributed by atoms with Gasteiger partial charge in [0, 0.05) is 32.9 Å². The third kappa shape index (κ3) is 2.40. The van der Waals surface area contributed by atoms with Crippen molar-refractivity contribution in [3.8, 4) is 0 Å². The molecule has 4 rings (SSSR count). The molecule has 1 aliphatic heterocycles. The molecule has 1 saturated heterocycles. The van der Waals surface area contributed by atoms with Crippen LogP contribution in [0.25, 0.3) is 11.0 Å². The summed E-state index contributed by atoms with van der Waals surface area (Å²) in [5.74, 6) is 2.69. The number of rotatable bonds is 5. The number of anilines is 1. The van der Waals surface area contributed by atoms with Crippen LogP contribution in [0.4, 0.5) is 5.82 Å². The predicted molar refractivity (Wildman–Crippen MR) is 88.7 cm³/mol. The van der Waals surface area contributed by atoms with E-state index in [2.05, 4.69) is 19.9 Å². The van der Waals surface area contributed by atoms with Crippen LogP contribution in [0.1, 0.15) is 6.92 Å². The zero-order valence-electron chi connectivity index (χ0n) is 13.3. The van der Waals surface area contributed by atoms with Crippen molar-refractivity contribution in [1.82, 2.24) is 19.3 Å². The molecule has 1 unspecified atom stereocenters. The van der Waals surface area contributed by atoms with Crippen molar-refractivity contribution in [2.24, 2.45) is 17.8 Å². The van der Waals surface area contributed by atoms with Gasteiger partial charge >= 0.3 is 0 Å². The van der Waals surface area contributed by atoms with Crippen molar-refractivity contribution in [3.63, 3.8) is 0 Å². The highest BCUT2D eigenvalue weighted by atomic mass is 32.2. The zero-order chi connectivity index (χ0) is 16.2. The topological polar surface area (TPSA) is 82.2 Å². The molecule has 23 heavy (non-hydrogen) atoms. The van der Waals surface area contributed by atoms with E-state index in [0.717, 1.165) is 23.4 Å². The van der Waals surface area contributed by atoms with Crippen LogP contribution in [0.2, 0.25) is 0 Å². The number of hydrogen-bond acceptors (Lipinski definition) is 5. The summed E-state index contributed by atoms with van der Waals surface area (Å²) in [5, 5.41) is 1.02. The van der Waals surface area contributed by atoms with E-state index in [-0.39, 0.29) is 5.75 Å². The Hall–Kier alpha value is -1.67. The van der Waals surface area contributed by atoms with Gasteiger partial charge in [-0.15, -0.1) is 0 Å². The number of sulfonamides is 1. The van der Waals surface area contributed by atoms with Gasteiger partial charge in [0.05, 0.1) is 11.1 Å². The lowest BCUT2D eigenvalue weighted by Gasteiger charge is -2.22. The van der Waals surface area contributed by atoms with E-state index in [1.54, 1.807) is 17.6 Å². The second-order valence-electron chi connectivity index (χ2n) is 6.53. The number of aromatic nitrogens is 3. The Morgan fingerprint density at radius 1 is 1.35 bits per heavy atom. The molecule has 2 aromatic heterocycles. The fourth-order valence-corrected chi connectivity index (χ4v) is 5.02. The summed E-state index contributed by atoms with van der Waals surface area (Å²) >= 11 is 0. The van der Waals surface area contributed by atoms with Crippen molar-refractivity contribution in [3.05, 3.63) is 18.6 Å². The molecule has 1 saturated carbocycles. The molecular weight excluding hydrogens is 314 g/mol. The van der Waals surface area contributed by atoms with Crippen LogP contribution in [0.5, 0.6) is 0 Å². The minimum absolute atomic E-state index is 0.198. The molecule has 0 spiro atoms. The summed E-state index contributed by atoms with van der Waals surface area (Å²) in [6, 6.07) is 1.99. The average Bonchev–Trinajstić information content (AvgIpc) is 2.97. The van der Waals surface area contributed by atoms with Crippen molar-refractivity contribution < 1.29 is 8.42 Å². The molecule has 8 heteroatoms. The molecule has 2 fully saturated rings. The Kier molecular flexibility index (Phi) is 3.35. The van der Waals surface area contributed by atoms with E-state index in [9.17, 15) is 8.42 Å². The molecule has 0 aromatic carbocycles. The Morgan fingerprint density at radius 3 is 2.78 bits per heavy atom. The standard InChI is InChI=1S/C15H21N5O2S/c1-3-23(21,22)20-7-12-11(13(12)8-20)6-19(2)15-10-4-5-16-14(10)17-9-18-15/h4-5,9,11-13H,3,6-8H2,1-2H3,(H,16,17,18)/t11-,12-,13?/m0/s1. The highest BCUT2D eigenvalue weighted by molar-refractivity contribution is 7.89. The van der Waals surface area contributed by atoms with Crippen molar-refractivity contribution >= 4 is 26.9 Å². The number of nitrogens with zero attached hydrogens (tertiary/aromatic N) is 4. The monoisotopic (exact) mass is 335 g/mol. The van der Waals surface area contributed by atoms with Crippen molar-refractivity contribution in [1.29, 1.82) is 0 Å². The van der Waals surface area contributed by atoms with Gasteiger partial charge in [0.15, 0.2) is 0 Å².